The molecule has 2 fully saturated rings. The third kappa shape index (κ3) is 2.44. The summed E-state index contributed by atoms with van der Waals surface area (Å²) in [6.07, 6.45) is 2.53. The molecule has 104 valence electrons. The maximum absolute atomic E-state index is 11.5. The van der Waals surface area contributed by atoms with Crippen molar-refractivity contribution in [2.75, 3.05) is 38.2 Å². The zero-order valence-corrected chi connectivity index (χ0v) is 12.3. The van der Waals surface area contributed by atoms with E-state index in [1.807, 2.05) is 0 Å². The summed E-state index contributed by atoms with van der Waals surface area (Å²) in [5.41, 5.74) is 0. The first-order valence-corrected chi connectivity index (χ1v) is 7.62. The van der Waals surface area contributed by atoms with Crippen molar-refractivity contribution in [1.82, 2.24) is 9.88 Å². The molecule has 5 nitrogen and oxygen atoms in total. The monoisotopic (exact) mass is 301 g/mol. The average Bonchev–Trinajstić information content (AvgIpc) is 3.03. The van der Waals surface area contributed by atoms with E-state index in [0.717, 1.165) is 24.8 Å². The molecule has 0 spiro atoms. The highest BCUT2D eigenvalue weighted by Crippen LogP contribution is 2.32. The lowest BCUT2D eigenvalue weighted by molar-refractivity contribution is 0.0606. The highest BCUT2D eigenvalue weighted by molar-refractivity contribution is 7.18. The minimum Gasteiger partial charge on any atom is -0.465 e. The molecule has 1 atom stereocenters. The number of piperazine rings is 1. The number of aromatic nitrogens is 1. The van der Waals surface area contributed by atoms with E-state index in [-0.39, 0.29) is 5.15 Å². The lowest BCUT2D eigenvalue weighted by Crippen LogP contribution is -2.50. The van der Waals surface area contributed by atoms with E-state index in [1.54, 1.807) is 0 Å². The van der Waals surface area contributed by atoms with Crippen LogP contribution in [-0.4, -0.2) is 55.2 Å². The van der Waals surface area contributed by atoms with Gasteiger partial charge in [-0.05, 0) is 19.4 Å². The molecule has 1 aromatic heterocycles. The molecule has 7 heteroatoms. The Bertz CT molecular complexity index is 493. The van der Waals surface area contributed by atoms with Gasteiger partial charge in [0, 0.05) is 25.7 Å². The molecule has 0 aliphatic carbocycles. The molecule has 2 aliphatic rings. The highest BCUT2D eigenvalue weighted by atomic mass is 35.5. The predicted molar refractivity (Wildman–Crippen MR) is 75.3 cm³/mol. The first-order valence-electron chi connectivity index (χ1n) is 6.42. The first kappa shape index (κ1) is 13.1. The summed E-state index contributed by atoms with van der Waals surface area (Å²) >= 11 is 7.33. The maximum atomic E-state index is 11.5. The van der Waals surface area contributed by atoms with Crippen molar-refractivity contribution in [1.29, 1.82) is 0 Å². The van der Waals surface area contributed by atoms with Crippen LogP contribution >= 0.6 is 22.9 Å². The number of anilines is 1. The molecule has 0 aromatic carbocycles. The molecule has 0 radical (unpaired) electrons. The summed E-state index contributed by atoms with van der Waals surface area (Å²) in [5.74, 6) is -0.409. The second-order valence-corrected chi connectivity index (χ2v) is 6.22. The molecule has 19 heavy (non-hydrogen) atoms. The van der Waals surface area contributed by atoms with Crippen LogP contribution in [0.1, 0.15) is 22.5 Å². The molecule has 0 amide bonds. The Balaban J connectivity index is 1.77. The number of rotatable bonds is 2. The van der Waals surface area contributed by atoms with Crippen LogP contribution in [0.4, 0.5) is 5.13 Å². The first-order chi connectivity index (χ1) is 9.19. The van der Waals surface area contributed by atoms with Gasteiger partial charge < -0.3 is 9.64 Å². The number of ether oxygens (including phenoxy) is 1. The smallest absolute Gasteiger partial charge is 0.351 e. The molecule has 1 aromatic rings. The quantitative estimate of drug-likeness (QED) is 0.780. The molecule has 0 N–H and O–H groups in total. The minimum atomic E-state index is -0.409. The summed E-state index contributed by atoms with van der Waals surface area (Å²) in [6.45, 7) is 4.20. The van der Waals surface area contributed by atoms with Crippen molar-refractivity contribution in [2.45, 2.75) is 18.9 Å². The van der Waals surface area contributed by atoms with Gasteiger partial charge in [0.2, 0.25) is 0 Å². The van der Waals surface area contributed by atoms with Gasteiger partial charge in [-0.3, -0.25) is 4.90 Å². The van der Waals surface area contributed by atoms with Gasteiger partial charge in [0.25, 0.3) is 0 Å². The fourth-order valence-corrected chi connectivity index (χ4v) is 4.04. The maximum Gasteiger partial charge on any atom is 0.351 e. The highest BCUT2D eigenvalue weighted by Gasteiger charge is 2.32. The van der Waals surface area contributed by atoms with Crippen LogP contribution in [0.15, 0.2) is 0 Å². The van der Waals surface area contributed by atoms with Gasteiger partial charge in [-0.1, -0.05) is 22.9 Å². The molecule has 2 saturated heterocycles. The van der Waals surface area contributed by atoms with Crippen molar-refractivity contribution >= 4 is 34.0 Å². The third-order valence-corrected chi connectivity index (χ3v) is 5.28. The van der Waals surface area contributed by atoms with Crippen LogP contribution in [-0.2, 0) is 4.74 Å². The van der Waals surface area contributed by atoms with Crippen molar-refractivity contribution in [3.8, 4) is 0 Å². The third-order valence-electron chi connectivity index (χ3n) is 3.80. The molecule has 0 bridgehead atoms. The number of esters is 1. The molecular weight excluding hydrogens is 286 g/mol. The van der Waals surface area contributed by atoms with Crippen LogP contribution in [0.2, 0.25) is 5.15 Å². The fraction of sp³-hybridized carbons (Fsp3) is 0.667. The van der Waals surface area contributed by atoms with Crippen molar-refractivity contribution in [2.24, 2.45) is 0 Å². The van der Waals surface area contributed by atoms with Crippen molar-refractivity contribution in [3.05, 3.63) is 10.0 Å². The molecule has 3 heterocycles. The van der Waals surface area contributed by atoms with Crippen LogP contribution < -0.4 is 4.90 Å². The number of fused-ring (bicyclic) bond motifs is 1. The van der Waals surface area contributed by atoms with Gasteiger partial charge >= 0.3 is 5.97 Å². The molecule has 1 unspecified atom stereocenters. The van der Waals surface area contributed by atoms with E-state index in [4.69, 9.17) is 16.3 Å². The van der Waals surface area contributed by atoms with Gasteiger partial charge in [-0.25, -0.2) is 9.78 Å². The number of thiazole rings is 1. The lowest BCUT2D eigenvalue weighted by Gasteiger charge is -2.37. The number of halogens is 1. The van der Waals surface area contributed by atoms with Gasteiger partial charge in [0.15, 0.2) is 15.2 Å². The second kappa shape index (κ2) is 5.26. The van der Waals surface area contributed by atoms with E-state index in [2.05, 4.69) is 14.8 Å². The number of hydrogen-bond acceptors (Lipinski definition) is 6. The number of methoxy groups -OCH3 is 1. The van der Waals surface area contributed by atoms with Crippen LogP contribution in [0.3, 0.4) is 0 Å². The zero-order chi connectivity index (χ0) is 13.4. The van der Waals surface area contributed by atoms with E-state index in [9.17, 15) is 4.79 Å². The van der Waals surface area contributed by atoms with Gasteiger partial charge in [0.05, 0.1) is 7.11 Å². The molecule has 0 saturated carbocycles. The lowest BCUT2D eigenvalue weighted by atomic mass is 10.2. The van der Waals surface area contributed by atoms with Crippen LogP contribution in [0.5, 0.6) is 0 Å². The fourth-order valence-electron chi connectivity index (χ4n) is 2.81. The second-order valence-electron chi connectivity index (χ2n) is 4.89. The van der Waals surface area contributed by atoms with E-state index < -0.39 is 5.97 Å². The minimum absolute atomic E-state index is 0.251. The summed E-state index contributed by atoms with van der Waals surface area (Å²) in [5, 5.41) is 1.08. The van der Waals surface area contributed by atoms with Crippen molar-refractivity contribution in [3.63, 3.8) is 0 Å². The Kier molecular flexibility index (Phi) is 3.64. The summed E-state index contributed by atoms with van der Waals surface area (Å²) < 4.78 is 4.71. The molecule has 2 aliphatic heterocycles. The number of carbonyl (C=O) groups is 1. The Hall–Kier alpha value is -0.850. The van der Waals surface area contributed by atoms with Gasteiger partial charge in [0.1, 0.15) is 0 Å². The standard InChI is InChI=1S/C12H16ClN3O2S/c1-18-11(17)9-10(13)14-12(19-9)16-6-5-15-4-2-3-8(15)7-16/h8H,2-7H2,1H3. The van der Waals surface area contributed by atoms with Gasteiger partial charge in [-0.15, -0.1) is 0 Å². The summed E-state index contributed by atoms with van der Waals surface area (Å²) in [4.78, 5) is 21.0. The largest absolute Gasteiger partial charge is 0.465 e. The van der Waals surface area contributed by atoms with Gasteiger partial charge in [-0.2, -0.15) is 0 Å². The zero-order valence-electron chi connectivity index (χ0n) is 10.8. The van der Waals surface area contributed by atoms with E-state index >= 15 is 0 Å². The SMILES string of the molecule is COC(=O)c1sc(N2CCN3CCCC3C2)nc1Cl. The predicted octanol–water partition coefficient (Wildman–Crippen LogP) is 1.87. The van der Waals surface area contributed by atoms with Crippen LogP contribution in [0, 0.1) is 0 Å². The van der Waals surface area contributed by atoms with Crippen LogP contribution in [0.25, 0.3) is 0 Å². The molecular formula is C12H16ClN3O2S. The Morgan fingerprint density at radius 2 is 2.32 bits per heavy atom. The Morgan fingerprint density at radius 3 is 3.11 bits per heavy atom. The number of nitrogens with zero attached hydrogens (tertiary/aromatic N) is 3. The molecule has 3 rings (SSSR count). The van der Waals surface area contributed by atoms with E-state index in [0.29, 0.717) is 10.9 Å². The Morgan fingerprint density at radius 1 is 1.47 bits per heavy atom. The normalized spacial score (nSPS) is 23.5. The Labute approximate surface area is 121 Å². The topological polar surface area (TPSA) is 45.7 Å². The van der Waals surface area contributed by atoms with Crippen molar-refractivity contribution < 1.29 is 9.53 Å². The number of carbonyl (C=O) groups excluding carboxylic acids is 1. The average molecular weight is 302 g/mol. The number of hydrogen-bond donors (Lipinski definition) is 0. The summed E-state index contributed by atoms with van der Waals surface area (Å²) in [7, 11) is 1.36. The summed E-state index contributed by atoms with van der Waals surface area (Å²) in [6, 6.07) is 0.623. The van der Waals surface area contributed by atoms with E-state index in [1.165, 1.54) is 37.8 Å².